The maximum absolute atomic E-state index is 12.1. The first kappa shape index (κ1) is 13.2. The minimum Gasteiger partial charge on any atom is -0.444 e. The molecule has 0 aromatic carbocycles. The largest absolute Gasteiger partial charge is 0.444 e. The third kappa shape index (κ3) is 2.72. The second-order valence-corrected chi connectivity index (χ2v) is 7.22. The van der Waals surface area contributed by atoms with Gasteiger partial charge in [0.2, 0.25) is 0 Å². The second-order valence-electron chi connectivity index (χ2n) is 7.22. The molecule has 2 heterocycles. The van der Waals surface area contributed by atoms with Crippen LogP contribution >= 0.6 is 0 Å². The van der Waals surface area contributed by atoms with E-state index in [1.54, 1.807) is 4.90 Å². The Morgan fingerprint density at radius 1 is 1.21 bits per heavy atom. The van der Waals surface area contributed by atoms with Gasteiger partial charge in [-0.3, -0.25) is 0 Å². The lowest BCUT2D eigenvalue weighted by atomic mass is 10.00. The molecule has 108 valence electrons. The molecule has 2 aliphatic heterocycles. The van der Waals surface area contributed by atoms with Gasteiger partial charge >= 0.3 is 6.09 Å². The van der Waals surface area contributed by atoms with Crippen molar-refractivity contribution in [2.45, 2.75) is 56.8 Å². The van der Waals surface area contributed by atoms with Crippen molar-refractivity contribution in [1.82, 2.24) is 10.2 Å². The van der Waals surface area contributed by atoms with Crippen molar-refractivity contribution in [3.63, 3.8) is 0 Å². The van der Waals surface area contributed by atoms with E-state index < -0.39 is 5.60 Å². The van der Waals surface area contributed by atoms with Crippen LogP contribution < -0.4 is 5.32 Å². The van der Waals surface area contributed by atoms with Gasteiger partial charge in [-0.1, -0.05) is 0 Å². The lowest BCUT2D eigenvalue weighted by molar-refractivity contribution is -0.123. The first-order valence-corrected chi connectivity index (χ1v) is 7.21. The summed E-state index contributed by atoms with van der Waals surface area (Å²) in [5.41, 5.74) is -0.552. The first-order chi connectivity index (χ1) is 8.82. The Kier molecular flexibility index (Phi) is 2.84. The molecular weight excluding hydrogens is 244 g/mol. The number of amides is 1. The zero-order valence-corrected chi connectivity index (χ0v) is 12.1. The van der Waals surface area contributed by atoms with Gasteiger partial charge in [-0.15, -0.1) is 0 Å². The van der Waals surface area contributed by atoms with Crippen LogP contribution in [-0.2, 0) is 9.47 Å². The molecule has 1 unspecified atom stereocenters. The number of rotatable bonds is 0. The minimum absolute atomic E-state index is 0.0716. The normalized spacial score (nSPS) is 32.9. The van der Waals surface area contributed by atoms with Gasteiger partial charge in [-0.2, -0.15) is 0 Å². The number of likely N-dealkylation sites (tertiary alicyclic amines) is 1. The Balaban J connectivity index is 1.62. The van der Waals surface area contributed by atoms with E-state index in [1.807, 2.05) is 20.8 Å². The van der Waals surface area contributed by atoms with Gasteiger partial charge in [0.25, 0.3) is 0 Å². The molecule has 19 heavy (non-hydrogen) atoms. The van der Waals surface area contributed by atoms with E-state index in [0.29, 0.717) is 6.54 Å². The van der Waals surface area contributed by atoms with Crippen molar-refractivity contribution in [3.8, 4) is 0 Å². The van der Waals surface area contributed by atoms with E-state index in [9.17, 15) is 4.79 Å². The predicted octanol–water partition coefficient (Wildman–Crippen LogP) is 1.52. The van der Waals surface area contributed by atoms with E-state index in [1.165, 1.54) is 0 Å². The molecule has 5 nitrogen and oxygen atoms in total. The molecule has 3 rings (SSSR count). The molecule has 1 saturated carbocycles. The van der Waals surface area contributed by atoms with Crippen LogP contribution in [0.5, 0.6) is 0 Å². The molecule has 1 aliphatic carbocycles. The van der Waals surface area contributed by atoms with Crippen LogP contribution in [-0.4, -0.2) is 54.0 Å². The number of ether oxygens (including phenoxy) is 2. The summed E-state index contributed by atoms with van der Waals surface area (Å²) in [4.78, 5) is 13.9. The second kappa shape index (κ2) is 4.09. The van der Waals surface area contributed by atoms with Crippen LogP contribution in [0.1, 0.15) is 40.0 Å². The minimum atomic E-state index is -0.434. The Morgan fingerprint density at radius 3 is 2.53 bits per heavy atom. The molecule has 0 bridgehead atoms. The first-order valence-electron chi connectivity index (χ1n) is 7.21. The SMILES string of the molecule is CC(C)(C)OC(=O)N1CCC2(CNCC3(CC3)O2)C1. The van der Waals surface area contributed by atoms with Crippen molar-refractivity contribution in [1.29, 1.82) is 0 Å². The summed E-state index contributed by atoms with van der Waals surface area (Å²) in [6.07, 6.45) is 2.98. The summed E-state index contributed by atoms with van der Waals surface area (Å²) in [6.45, 7) is 8.87. The summed E-state index contributed by atoms with van der Waals surface area (Å²) in [6, 6.07) is 0. The van der Waals surface area contributed by atoms with Crippen LogP contribution in [0.2, 0.25) is 0 Å². The van der Waals surface area contributed by atoms with Crippen LogP contribution in [0.25, 0.3) is 0 Å². The molecule has 3 aliphatic rings. The van der Waals surface area contributed by atoms with Crippen LogP contribution in [0.4, 0.5) is 4.79 Å². The number of morpholine rings is 1. The van der Waals surface area contributed by atoms with E-state index in [2.05, 4.69) is 5.32 Å². The van der Waals surface area contributed by atoms with Crippen LogP contribution in [0.3, 0.4) is 0 Å². The monoisotopic (exact) mass is 268 g/mol. The van der Waals surface area contributed by atoms with Crippen molar-refractivity contribution in [2.75, 3.05) is 26.2 Å². The van der Waals surface area contributed by atoms with Crippen molar-refractivity contribution in [3.05, 3.63) is 0 Å². The molecule has 0 aromatic rings. The quantitative estimate of drug-likeness (QED) is 0.723. The average Bonchev–Trinajstić information content (AvgIpc) is 2.87. The molecule has 5 heteroatoms. The summed E-state index contributed by atoms with van der Waals surface area (Å²) in [5.74, 6) is 0. The zero-order chi connectivity index (χ0) is 13.7. The number of hydrogen-bond acceptors (Lipinski definition) is 4. The van der Waals surface area contributed by atoms with Crippen molar-refractivity contribution >= 4 is 6.09 Å². The van der Waals surface area contributed by atoms with Gasteiger partial charge < -0.3 is 19.7 Å². The highest BCUT2D eigenvalue weighted by Gasteiger charge is 2.55. The highest BCUT2D eigenvalue weighted by Crippen LogP contribution is 2.46. The highest BCUT2D eigenvalue weighted by atomic mass is 16.6. The molecule has 2 saturated heterocycles. The zero-order valence-electron chi connectivity index (χ0n) is 12.1. The lowest BCUT2D eigenvalue weighted by Crippen LogP contribution is -2.56. The standard InChI is InChI=1S/C14H24N2O3/c1-12(2,3)18-11(17)16-7-6-14(10-16)9-15-8-13(19-14)4-5-13/h15H,4-10H2,1-3H3. The number of hydrogen-bond donors (Lipinski definition) is 1. The Morgan fingerprint density at radius 2 is 1.89 bits per heavy atom. The predicted molar refractivity (Wildman–Crippen MR) is 71.1 cm³/mol. The third-order valence-electron chi connectivity index (χ3n) is 4.10. The molecular formula is C14H24N2O3. The maximum Gasteiger partial charge on any atom is 0.410 e. The smallest absolute Gasteiger partial charge is 0.410 e. The fraction of sp³-hybridized carbons (Fsp3) is 0.929. The highest BCUT2D eigenvalue weighted by molar-refractivity contribution is 5.68. The molecule has 3 fully saturated rings. The summed E-state index contributed by atoms with van der Waals surface area (Å²) in [5, 5.41) is 3.47. The van der Waals surface area contributed by atoms with Crippen molar-refractivity contribution in [2.24, 2.45) is 0 Å². The Hall–Kier alpha value is -0.810. The maximum atomic E-state index is 12.1. The van der Waals surface area contributed by atoms with E-state index in [-0.39, 0.29) is 17.3 Å². The summed E-state index contributed by atoms with van der Waals surface area (Å²) >= 11 is 0. The molecule has 1 N–H and O–H groups in total. The van der Waals surface area contributed by atoms with Gasteiger partial charge in [-0.25, -0.2) is 4.79 Å². The number of nitrogens with zero attached hydrogens (tertiary/aromatic N) is 1. The number of nitrogens with one attached hydrogen (secondary N) is 1. The van der Waals surface area contributed by atoms with Gasteiger partial charge in [0.1, 0.15) is 11.2 Å². The van der Waals surface area contributed by atoms with Gasteiger partial charge in [0.05, 0.1) is 12.1 Å². The molecule has 2 spiro atoms. The lowest BCUT2D eigenvalue weighted by Gasteiger charge is -2.39. The van der Waals surface area contributed by atoms with Crippen LogP contribution in [0.15, 0.2) is 0 Å². The van der Waals surface area contributed by atoms with Gasteiger partial charge in [0.15, 0.2) is 0 Å². The Labute approximate surface area is 114 Å². The number of carbonyl (C=O) groups excluding carboxylic acids is 1. The Bertz CT molecular complexity index is 387. The fourth-order valence-electron chi connectivity index (χ4n) is 3.02. The summed E-state index contributed by atoms with van der Waals surface area (Å²) < 4.78 is 11.8. The van der Waals surface area contributed by atoms with E-state index in [0.717, 1.165) is 38.9 Å². The molecule has 1 amide bonds. The fourth-order valence-corrected chi connectivity index (χ4v) is 3.02. The van der Waals surface area contributed by atoms with Crippen molar-refractivity contribution < 1.29 is 14.3 Å². The number of carbonyl (C=O) groups is 1. The molecule has 0 radical (unpaired) electrons. The van der Waals surface area contributed by atoms with Gasteiger partial charge in [0, 0.05) is 19.6 Å². The topological polar surface area (TPSA) is 50.8 Å². The van der Waals surface area contributed by atoms with E-state index >= 15 is 0 Å². The van der Waals surface area contributed by atoms with Gasteiger partial charge in [-0.05, 0) is 40.0 Å². The molecule has 0 aromatic heterocycles. The summed E-state index contributed by atoms with van der Waals surface area (Å²) in [7, 11) is 0. The van der Waals surface area contributed by atoms with Crippen LogP contribution in [0, 0.1) is 0 Å². The van der Waals surface area contributed by atoms with E-state index in [4.69, 9.17) is 9.47 Å². The average molecular weight is 268 g/mol. The third-order valence-corrected chi connectivity index (χ3v) is 4.10. The molecule has 1 atom stereocenters.